The summed E-state index contributed by atoms with van der Waals surface area (Å²) in [7, 11) is -3.96. The predicted molar refractivity (Wildman–Crippen MR) is 78.3 cm³/mol. The molecule has 130 valence electrons. The molecule has 1 unspecified atom stereocenters. The van der Waals surface area contributed by atoms with Crippen LogP contribution >= 0.6 is 0 Å². The lowest BCUT2D eigenvalue weighted by molar-refractivity contribution is -0.274. The first kappa shape index (κ1) is 18.2. The van der Waals surface area contributed by atoms with Gasteiger partial charge in [-0.05, 0) is 48.9 Å². The summed E-state index contributed by atoms with van der Waals surface area (Å²) in [6.07, 6.45) is -4.85. The highest BCUT2D eigenvalue weighted by molar-refractivity contribution is 7.89. The van der Waals surface area contributed by atoms with Crippen molar-refractivity contribution in [3.8, 4) is 5.75 Å². The van der Waals surface area contributed by atoms with Crippen LogP contribution in [0.4, 0.5) is 17.6 Å². The van der Waals surface area contributed by atoms with Gasteiger partial charge in [-0.3, -0.25) is 0 Å². The van der Waals surface area contributed by atoms with Gasteiger partial charge in [0.05, 0.1) is 4.90 Å². The smallest absolute Gasteiger partial charge is 0.406 e. The van der Waals surface area contributed by atoms with Gasteiger partial charge < -0.3 is 4.74 Å². The number of alkyl halides is 3. The van der Waals surface area contributed by atoms with E-state index >= 15 is 0 Å². The second kappa shape index (κ2) is 6.78. The van der Waals surface area contributed by atoms with Crippen molar-refractivity contribution in [2.75, 3.05) is 0 Å². The Kier molecular flexibility index (Phi) is 5.14. The van der Waals surface area contributed by atoms with E-state index in [1.807, 2.05) is 0 Å². The van der Waals surface area contributed by atoms with Crippen LogP contribution in [-0.2, 0) is 10.0 Å². The van der Waals surface area contributed by atoms with E-state index < -0.39 is 34.0 Å². The Morgan fingerprint density at radius 1 is 1.00 bits per heavy atom. The van der Waals surface area contributed by atoms with Crippen LogP contribution in [-0.4, -0.2) is 14.8 Å². The molecule has 0 bridgehead atoms. The zero-order valence-corrected chi connectivity index (χ0v) is 13.2. The molecule has 0 saturated heterocycles. The average Bonchev–Trinajstić information content (AvgIpc) is 2.46. The summed E-state index contributed by atoms with van der Waals surface area (Å²) in [6.45, 7) is 1.56. The van der Waals surface area contributed by atoms with Gasteiger partial charge in [0.1, 0.15) is 11.6 Å². The molecule has 0 amide bonds. The molecule has 0 aliphatic rings. The van der Waals surface area contributed by atoms with Crippen molar-refractivity contribution < 1.29 is 30.7 Å². The first-order valence-electron chi connectivity index (χ1n) is 6.70. The van der Waals surface area contributed by atoms with E-state index in [0.29, 0.717) is 5.56 Å². The molecule has 2 rings (SSSR count). The fourth-order valence-corrected chi connectivity index (χ4v) is 3.17. The quantitative estimate of drug-likeness (QED) is 0.823. The topological polar surface area (TPSA) is 55.4 Å². The normalized spacial score (nSPS) is 13.5. The number of hydrogen-bond donors (Lipinski definition) is 1. The third-order valence-corrected chi connectivity index (χ3v) is 4.63. The van der Waals surface area contributed by atoms with Crippen LogP contribution in [0.5, 0.6) is 5.75 Å². The molecule has 1 atom stereocenters. The minimum absolute atomic E-state index is 0.217. The number of hydrogen-bond acceptors (Lipinski definition) is 3. The van der Waals surface area contributed by atoms with E-state index in [0.717, 1.165) is 24.3 Å². The van der Waals surface area contributed by atoms with Crippen molar-refractivity contribution in [2.45, 2.75) is 24.2 Å². The second-order valence-electron chi connectivity index (χ2n) is 4.91. The van der Waals surface area contributed by atoms with Crippen LogP contribution < -0.4 is 9.46 Å². The lowest BCUT2D eigenvalue weighted by Crippen LogP contribution is -2.27. The molecule has 0 aliphatic heterocycles. The van der Waals surface area contributed by atoms with Crippen molar-refractivity contribution in [3.05, 3.63) is 59.9 Å². The van der Waals surface area contributed by atoms with Crippen LogP contribution in [0.2, 0.25) is 0 Å². The van der Waals surface area contributed by atoms with E-state index in [2.05, 4.69) is 9.46 Å². The van der Waals surface area contributed by atoms with Gasteiger partial charge in [-0.25, -0.2) is 17.5 Å². The Bertz CT molecular complexity index is 787. The standard InChI is InChI=1S/C15H13F4NO3S/c1-10(11-2-4-12(16)5-3-11)20-24(21,22)14-8-6-13(7-9-14)23-15(17,18)19/h2-10,20H,1H3. The molecule has 24 heavy (non-hydrogen) atoms. The molecule has 0 aromatic heterocycles. The molecule has 0 spiro atoms. The van der Waals surface area contributed by atoms with Gasteiger partial charge >= 0.3 is 6.36 Å². The van der Waals surface area contributed by atoms with Gasteiger partial charge in [-0.2, -0.15) is 0 Å². The van der Waals surface area contributed by atoms with Gasteiger partial charge in [0.2, 0.25) is 10.0 Å². The third-order valence-electron chi connectivity index (χ3n) is 3.07. The van der Waals surface area contributed by atoms with Crippen molar-refractivity contribution in [3.63, 3.8) is 0 Å². The summed E-state index contributed by atoms with van der Waals surface area (Å²) in [4.78, 5) is -0.217. The minimum atomic E-state index is -4.85. The van der Waals surface area contributed by atoms with Crippen molar-refractivity contribution in [1.82, 2.24) is 4.72 Å². The largest absolute Gasteiger partial charge is 0.573 e. The summed E-state index contributed by atoms with van der Waals surface area (Å²) >= 11 is 0. The van der Waals surface area contributed by atoms with E-state index in [-0.39, 0.29) is 4.90 Å². The summed E-state index contributed by atoms with van der Waals surface area (Å²) in [6, 6.07) is 8.43. The van der Waals surface area contributed by atoms with E-state index in [4.69, 9.17) is 0 Å². The maximum Gasteiger partial charge on any atom is 0.573 e. The maximum absolute atomic E-state index is 12.9. The second-order valence-corrected chi connectivity index (χ2v) is 6.63. The Morgan fingerprint density at radius 3 is 2.04 bits per heavy atom. The molecule has 2 aromatic rings. The van der Waals surface area contributed by atoms with Crippen LogP contribution in [0.15, 0.2) is 53.4 Å². The summed E-state index contributed by atoms with van der Waals surface area (Å²) < 4.78 is 79.6. The highest BCUT2D eigenvalue weighted by atomic mass is 32.2. The number of sulfonamides is 1. The fourth-order valence-electron chi connectivity index (χ4n) is 1.94. The number of ether oxygens (including phenoxy) is 1. The highest BCUT2D eigenvalue weighted by Gasteiger charge is 2.31. The molecule has 0 aliphatic carbocycles. The average molecular weight is 363 g/mol. The van der Waals surface area contributed by atoms with E-state index in [9.17, 15) is 26.0 Å². The van der Waals surface area contributed by atoms with Crippen molar-refractivity contribution >= 4 is 10.0 Å². The Morgan fingerprint density at radius 2 is 1.54 bits per heavy atom. The highest BCUT2D eigenvalue weighted by Crippen LogP contribution is 2.24. The van der Waals surface area contributed by atoms with Crippen molar-refractivity contribution in [2.24, 2.45) is 0 Å². The van der Waals surface area contributed by atoms with Crippen LogP contribution in [0.25, 0.3) is 0 Å². The Hall–Kier alpha value is -2.13. The first-order chi connectivity index (χ1) is 11.1. The van der Waals surface area contributed by atoms with Crippen LogP contribution in [0, 0.1) is 5.82 Å². The molecule has 4 nitrogen and oxygen atoms in total. The number of rotatable bonds is 5. The lowest BCUT2D eigenvalue weighted by atomic mass is 10.1. The van der Waals surface area contributed by atoms with Gasteiger partial charge in [0.15, 0.2) is 0 Å². The Balaban J connectivity index is 2.13. The number of halogens is 4. The van der Waals surface area contributed by atoms with E-state index in [1.54, 1.807) is 6.92 Å². The van der Waals surface area contributed by atoms with Gasteiger partial charge in [0, 0.05) is 6.04 Å². The van der Waals surface area contributed by atoms with Gasteiger partial charge in [-0.1, -0.05) is 12.1 Å². The molecular weight excluding hydrogens is 350 g/mol. The van der Waals surface area contributed by atoms with Crippen molar-refractivity contribution in [1.29, 1.82) is 0 Å². The zero-order chi connectivity index (χ0) is 18.0. The Labute approximate surface area is 136 Å². The number of benzene rings is 2. The van der Waals surface area contributed by atoms with Crippen LogP contribution in [0.3, 0.4) is 0 Å². The first-order valence-corrected chi connectivity index (χ1v) is 8.19. The monoisotopic (exact) mass is 363 g/mol. The molecule has 0 radical (unpaired) electrons. The SMILES string of the molecule is CC(NS(=O)(=O)c1ccc(OC(F)(F)F)cc1)c1ccc(F)cc1. The summed E-state index contributed by atoms with van der Waals surface area (Å²) in [5, 5.41) is 0. The molecule has 0 fully saturated rings. The summed E-state index contributed by atoms with van der Waals surface area (Å²) in [5.41, 5.74) is 0.539. The number of nitrogens with one attached hydrogen (secondary N) is 1. The third kappa shape index (κ3) is 4.93. The minimum Gasteiger partial charge on any atom is -0.406 e. The molecule has 1 N–H and O–H groups in total. The molecule has 0 heterocycles. The fraction of sp³-hybridized carbons (Fsp3) is 0.200. The predicted octanol–water partition coefficient (Wildman–Crippen LogP) is 3.76. The lowest BCUT2D eigenvalue weighted by Gasteiger charge is -2.15. The molecular formula is C15H13F4NO3S. The zero-order valence-electron chi connectivity index (χ0n) is 12.3. The van der Waals surface area contributed by atoms with Gasteiger partial charge in [0.25, 0.3) is 0 Å². The molecule has 2 aromatic carbocycles. The van der Waals surface area contributed by atoms with Crippen LogP contribution in [0.1, 0.15) is 18.5 Å². The molecule has 9 heteroatoms. The maximum atomic E-state index is 12.9. The van der Waals surface area contributed by atoms with Gasteiger partial charge in [-0.15, -0.1) is 13.2 Å². The summed E-state index contributed by atoms with van der Waals surface area (Å²) in [5.74, 6) is -0.970. The van der Waals surface area contributed by atoms with E-state index in [1.165, 1.54) is 24.3 Å². The molecule has 0 saturated carbocycles.